The van der Waals surface area contributed by atoms with E-state index in [1.807, 2.05) is 0 Å². The molecule has 2 aliphatic rings. The second kappa shape index (κ2) is 6.24. The molecule has 2 aliphatic heterocycles. The van der Waals surface area contributed by atoms with Crippen LogP contribution in [0.2, 0.25) is 0 Å². The first-order valence-electron chi connectivity index (χ1n) is 7.80. The predicted molar refractivity (Wildman–Crippen MR) is 90.9 cm³/mol. The lowest BCUT2D eigenvalue weighted by molar-refractivity contribution is -0.128. The molecule has 3 rings (SSSR count). The number of hydrogen-bond acceptors (Lipinski definition) is 5. The molecule has 0 spiro atoms. The molecule has 2 heterocycles. The molecule has 2 fully saturated rings. The van der Waals surface area contributed by atoms with Gasteiger partial charge in [-0.1, -0.05) is 6.07 Å². The minimum Gasteiger partial charge on any atom is -0.339 e. The summed E-state index contributed by atoms with van der Waals surface area (Å²) in [6.45, 7) is -0.0855. The van der Waals surface area contributed by atoms with Crippen molar-refractivity contribution in [1.82, 2.24) is 4.90 Å². The Morgan fingerprint density at radius 1 is 1.36 bits per heavy atom. The number of benzene rings is 1. The summed E-state index contributed by atoms with van der Waals surface area (Å²) in [6.07, 6.45) is 1.46. The average Bonchev–Trinajstić information content (AvgIpc) is 3.05. The lowest BCUT2D eigenvalue weighted by Crippen LogP contribution is -2.42. The molecule has 0 bridgehead atoms. The number of sulfonamides is 1. The standard InChI is InChI=1S/C15H19FN2O5S2/c1-24(20,21)18(13-4-2-3-12(16)7-13)10-15(19)17-8-11-5-6-25(22,23)14(11)9-17/h2-4,7,11,14H,5-6,8-10H2,1H3/t11-,14+/m0/s1. The normalized spacial score (nSPS) is 25.0. The molecule has 0 aromatic heterocycles. The van der Waals surface area contributed by atoms with Crippen LogP contribution < -0.4 is 4.31 Å². The van der Waals surface area contributed by atoms with E-state index in [0.29, 0.717) is 13.0 Å². The maximum absolute atomic E-state index is 13.4. The highest BCUT2D eigenvalue weighted by Gasteiger charge is 2.47. The van der Waals surface area contributed by atoms with Gasteiger partial charge in [0.2, 0.25) is 15.9 Å². The minimum absolute atomic E-state index is 0.0582. The SMILES string of the molecule is CS(=O)(=O)N(CC(=O)N1C[C@@H]2CCS(=O)(=O)[C@@H]2C1)c1cccc(F)c1. The molecule has 0 N–H and O–H groups in total. The summed E-state index contributed by atoms with van der Waals surface area (Å²) in [6, 6.07) is 4.98. The molecule has 2 atom stereocenters. The average molecular weight is 390 g/mol. The number of likely N-dealkylation sites (tertiary alicyclic amines) is 1. The second-order valence-corrected chi connectivity index (χ2v) is 10.7. The van der Waals surface area contributed by atoms with Crippen molar-refractivity contribution in [1.29, 1.82) is 0 Å². The van der Waals surface area contributed by atoms with E-state index in [0.717, 1.165) is 16.6 Å². The summed E-state index contributed by atoms with van der Waals surface area (Å²) in [7, 11) is -6.98. The molecule has 138 valence electrons. The zero-order valence-electron chi connectivity index (χ0n) is 13.6. The number of fused-ring (bicyclic) bond motifs is 1. The minimum atomic E-state index is -3.80. The van der Waals surface area contributed by atoms with Crippen molar-refractivity contribution < 1.29 is 26.0 Å². The molecule has 0 radical (unpaired) electrons. The Bertz CT molecular complexity index is 900. The number of anilines is 1. The van der Waals surface area contributed by atoms with Gasteiger partial charge in [0.1, 0.15) is 12.4 Å². The fourth-order valence-electron chi connectivity index (χ4n) is 3.45. The summed E-state index contributed by atoms with van der Waals surface area (Å²) in [5.41, 5.74) is 0.0582. The highest BCUT2D eigenvalue weighted by atomic mass is 32.2. The van der Waals surface area contributed by atoms with E-state index in [9.17, 15) is 26.0 Å². The quantitative estimate of drug-likeness (QED) is 0.734. The van der Waals surface area contributed by atoms with Gasteiger partial charge in [-0.3, -0.25) is 9.10 Å². The Kier molecular flexibility index (Phi) is 4.52. The molecule has 0 unspecified atom stereocenters. The molecule has 10 heteroatoms. The number of halogens is 1. The van der Waals surface area contributed by atoms with Gasteiger partial charge in [0.15, 0.2) is 9.84 Å². The van der Waals surface area contributed by atoms with Gasteiger partial charge in [-0.05, 0) is 30.5 Å². The third kappa shape index (κ3) is 3.64. The number of carbonyl (C=O) groups excluding carboxylic acids is 1. The van der Waals surface area contributed by atoms with Crippen molar-refractivity contribution in [3.8, 4) is 0 Å². The molecule has 0 aliphatic carbocycles. The van der Waals surface area contributed by atoms with Gasteiger partial charge >= 0.3 is 0 Å². The molecule has 1 aromatic carbocycles. The van der Waals surface area contributed by atoms with E-state index in [2.05, 4.69) is 0 Å². The van der Waals surface area contributed by atoms with Gasteiger partial charge < -0.3 is 4.90 Å². The van der Waals surface area contributed by atoms with Crippen LogP contribution in [0.3, 0.4) is 0 Å². The van der Waals surface area contributed by atoms with Crippen LogP contribution in [0.4, 0.5) is 10.1 Å². The number of rotatable bonds is 4. The monoisotopic (exact) mass is 390 g/mol. The van der Waals surface area contributed by atoms with Gasteiger partial charge in [-0.25, -0.2) is 21.2 Å². The number of amides is 1. The Morgan fingerprint density at radius 3 is 2.68 bits per heavy atom. The van der Waals surface area contributed by atoms with Crippen molar-refractivity contribution in [2.24, 2.45) is 5.92 Å². The van der Waals surface area contributed by atoms with Crippen molar-refractivity contribution in [3.63, 3.8) is 0 Å². The molecule has 7 nitrogen and oxygen atoms in total. The van der Waals surface area contributed by atoms with Gasteiger partial charge in [0, 0.05) is 13.1 Å². The zero-order valence-corrected chi connectivity index (χ0v) is 15.3. The van der Waals surface area contributed by atoms with E-state index in [1.165, 1.54) is 23.1 Å². The Morgan fingerprint density at radius 2 is 2.08 bits per heavy atom. The summed E-state index contributed by atoms with van der Waals surface area (Å²) >= 11 is 0. The van der Waals surface area contributed by atoms with Crippen LogP contribution in [0, 0.1) is 11.7 Å². The third-order valence-corrected chi connectivity index (χ3v) is 8.15. The first kappa shape index (κ1) is 18.1. The van der Waals surface area contributed by atoms with Gasteiger partial charge in [-0.2, -0.15) is 0 Å². The van der Waals surface area contributed by atoms with Crippen LogP contribution >= 0.6 is 0 Å². The molecular formula is C15H19FN2O5S2. The first-order valence-corrected chi connectivity index (χ1v) is 11.4. The fourth-order valence-corrected chi connectivity index (χ4v) is 6.44. The highest BCUT2D eigenvalue weighted by Crippen LogP contribution is 2.33. The largest absolute Gasteiger partial charge is 0.339 e. The van der Waals surface area contributed by atoms with E-state index in [1.54, 1.807) is 0 Å². The summed E-state index contributed by atoms with van der Waals surface area (Å²) in [5, 5.41) is -0.558. The van der Waals surface area contributed by atoms with Crippen LogP contribution in [0.1, 0.15) is 6.42 Å². The van der Waals surface area contributed by atoms with Crippen molar-refractivity contribution >= 4 is 31.5 Å². The Labute approximate surface area is 146 Å². The van der Waals surface area contributed by atoms with E-state index in [-0.39, 0.29) is 23.9 Å². The molecule has 0 saturated carbocycles. The lowest BCUT2D eigenvalue weighted by atomic mass is 10.1. The number of hydrogen-bond donors (Lipinski definition) is 0. The number of sulfone groups is 1. The number of carbonyl (C=O) groups is 1. The molecule has 25 heavy (non-hydrogen) atoms. The fraction of sp³-hybridized carbons (Fsp3) is 0.533. The molecular weight excluding hydrogens is 371 g/mol. The molecule has 2 saturated heterocycles. The summed E-state index contributed by atoms with van der Waals surface area (Å²) < 4.78 is 62.2. The maximum Gasteiger partial charge on any atom is 0.243 e. The summed E-state index contributed by atoms with van der Waals surface area (Å²) in [5.74, 6) is -1.04. The van der Waals surface area contributed by atoms with E-state index < -0.39 is 43.4 Å². The highest BCUT2D eigenvalue weighted by molar-refractivity contribution is 7.92. The predicted octanol–water partition coefficient (Wildman–Crippen LogP) is 0.237. The molecule has 1 aromatic rings. The zero-order chi connectivity index (χ0) is 18.4. The van der Waals surface area contributed by atoms with Crippen LogP contribution in [-0.4, -0.2) is 64.5 Å². The van der Waals surface area contributed by atoms with Crippen LogP contribution in [0.15, 0.2) is 24.3 Å². The van der Waals surface area contributed by atoms with Crippen LogP contribution in [0.25, 0.3) is 0 Å². The van der Waals surface area contributed by atoms with Gasteiger partial charge in [-0.15, -0.1) is 0 Å². The van der Waals surface area contributed by atoms with Gasteiger partial charge in [0.05, 0.1) is 22.9 Å². The van der Waals surface area contributed by atoms with E-state index >= 15 is 0 Å². The Hall–Kier alpha value is -1.68. The number of nitrogens with zero attached hydrogens (tertiary/aromatic N) is 2. The lowest BCUT2D eigenvalue weighted by Gasteiger charge is -2.25. The van der Waals surface area contributed by atoms with E-state index in [4.69, 9.17) is 0 Å². The van der Waals surface area contributed by atoms with Crippen molar-refractivity contribution in [3.05, 3.63) is 30.1 Å². The van der Waals surface area contributed by atoms with Crippen molar-refractivity contribution in [2.45, 2.75) is 11.7 Å². The first-order chi connectivity index (χ1) is 11.6. The topological polar surface area (TPSA) is 91.8 Å². The van der Waals surface area contributed by atoms with Crippen LogP contribution in [-0.2, 0) is 24.7 Å². The third-order valence-electron chi connectivity index (χ3n) is 4.74. The Balaban J connectivity index is 1.78. The molecule has 1 amide bonds. The van der Waals surface area contributed by atoms with Gasteiger partial charge in [0.25, 0.3) is 0 Å². The summed E-state index contributed by atoms with van der Waals surface area (Å²) in [4.78, 5) is 13.9. The smallest absolute Gasteiger partial charge is 0.243 e. The second-order valence-electron chi connectivity index (χ2n) is 6.50. The maximum atomic E-state index is 13.4. The van der Waals surface area contributed by atoms with Crippen LogP contribution in [0.5, 0.6) is 0 Å². The van der Waals surface area contributed by atoms with Crippen molar-refractivity contribution in [2.75, 3.05) is 35.9 Å².